The molecule has 1 aliphatic carbocycles. The second-order valence-corrected chi connectivity index (χ2v) is 5.35. The van der Waals surface area contributed by atoms with E-state index < -0.39 is 0 Å². The Morgan fingerprint density at radius 3 is 2.25 bits per heavy atom. The number of hydrogen-bond acceptors (Lipinski definition) is 2. The normalized spacial score (nSPS) is 23.8. The van der Waals surface area contributed by atoms with Crippen molar-refractivity contribution in [2.75, 3.05) is 32.7 Å². The number of rotatable bonds is 5. The molecule has 0 amide bonds. The van der Waals surface area contributed by atoms with E-state index in [1.807, 2.05) is 0 Å². The minimum atomic E-state index is 0. The summed E-state index contributed by atoms with van der Waals surface area (Å²) in [5.41, 5.74) is 0. The second kappa shape index (κ2) is 7.52. The van der Waals surface area contributed by atoms with Crippen molar-refractivity contribution >= 4 is 12.4 Å². The maximum atomic E-state index is 3.48. The van der Waals surface area contributed by atoms with Crippen LogP contribution in [0.25, 0.3) is 0 Å². The third-order valence-electron chi connectivity index (χ3n) is 4.13. The first-order valence-electron chi connectivity index (χ1n) is 6.81. The molecule has 1 saturated carbocycles. The summed E-state index contributed by atoms with van der Waals surface area (Å²) in [6, 6.07) is 0. The Kier molecular flexibility index (Phi) is 6.71. The molecule has 1 aliphatic heterocycles. The fraction of sp³-hybridized carbons (Fsp3) is 1.00. The lowest BCUT2D eigenvalue weighted by Gasteiger charge is -2.37. The zero-order chi connectivity index (χ0) is 10.5. The van der Waals surface area contributed by atoms with Crippen LogP contribution in [0.5, 0.6) is 0 Å². The minimum Gasteiger partial charge on any atom is -0.317 e. The summed E-state index contributed by atoms with van der Waals surface area (Å²) in [6.45, 7) is 8.68. The highest BCUT2D eigenvalue weighted by atomic mass is 35.5. The summed E-state index contributed by atoms with van der Waals surface area (Å²) in [7, 11) is 0. The maximum absolute atomic E-state index is 3.48. The van der Waals surface area contributed by atoms with Gasteiger partial charge < -0.3 is 10.2 Å². The number of nitrogens with zero attached hydrogens (tertiary/aromatic N) is 1. The molecule has 2 rings (SSSR count). The molecule has 0 spiro atoms. The number of likely N-dealkylation sites (tertiary alicyclic amines) is 1. The van der Waals surface area contributed by atoms with Crippen LogP contribution < -0.4 is 5.32 Å². The molecule has 3 heteroatoms. The monoisotopic (exact) mass is 246 g/mol. The molecule has 0 bridgehead atoms. The van der Waals surface area contributed by atoms with Gasteiger partial charge in [-0.15, -0.1) is 12.4 Å². The number of hydrogen-bond donors (Lipinski definition) is 1. The van der Waals surface area contributed by atoms with Crippen molar-refractivity contribution < 1.29 is 0 Å². The first kappa shape index (κ1) is 14.3. The molecule has 1 N–H and O–H groups in total. The highest BCUT2D eigenvalue weighted by Crippen LogP contribution is 2.28. The van der Waals surface area contributed by atoms with Gasteiger partial charge in [0.15, 0.2) is 0 Å². The Balaban J connectivity index is 0.00000128. The molecule has 2 fully saturated rings. The first-order valence-corrected chi connectivity index (χ1v) is 6.81. The fourth-order valence-electron chi connectivity index (χ4n) is 2.76. The van der Waals surface area contributed by atoms with E-state index in [9.17, 15) is 0 Å². The van der Waals surface area contributed by atoms with E-state index in [0.29, 0.717) is 0 Å². The van der Waals surface area contributed by atoms with Crippen LogP contribution >= 0.6 is 12.4 Å². The van der Waals surface area contributed by atoms with Crippen molar-refractivity contribution in [2.24, 2.45) is 11.8 Å². The summed E-state index contributed by atoms with van der Waals surface area (Å²) < 4.78 is 0. The standard InChI is InChI=1S/C13H26N2.ClH/c1-2-14-10-12-6-8-15(9-7-12)11-13-4-3-5-13;/h12-14H,2-11H2,1H3;1H. The van der Waals surface area contributed by atoms with Gasteiger partial charge in [-0.2, -0.15) is 0 Å². The third kappa shape index (κ3) is 4.23. The summed E-state index contributed by atoms with van der Waals surface area (Å²) in [4.78, 5) is 2.70. The van der Waals surface area contributed by atoms with Crippen LogP contribution in [-0.4, -0.2) is 37.6 Å². The molecule has 2 aliphatic rings. The van der Waals surface area contributed by atoms with Gasteiger partial charge in [0.05, 0.1) is 0 Å². The van der Waals surface area contributed by atoms with Crippen molar-refractivity contribution in [3.05, 3.63) is 0 Å². The van der Waals surface area contributed by atoms with Crippen LogP contribution in [0.2, 0.25) is 0 Å². The molecule has 1 saturated heterocycles. The molecular weight excluding hydrogens is 220 g/mol. The lowest BCUT2D eigenvalue weighted by Crippen LogP contribution is -2.40. The Hall–Kier alpha value is 0.210. The van der Waals surface area contributed by atoms with Crippen LogP contribution in [-0.2, 0) is 0 Å². The minimum absolute atomic E-state index is 0. The van der Waals surface area contributed by atoms with Crippen molar-refractivity contribution in [3.8, 4) is 0 Å². The van der Waals surface area contributed by atoms with Crippen LogP contribution in [0.3, 0.4) is 0 Å². The van der Waals surface area contributed by atoms with Gasteiger partial charge in [-0.3, -0.25) is 0 Å². The molecule has 1 heterocycles. The van der Waals surface area contributed by atoms with Gasteiger partial charge in [0.1, 0.15) is 0 Å². The predicted molar refractivity (Wildman–Crippen MR) is 72.3 cm³/mol. The Morgan fingerprint density at radius 1 is 1.06 bits per heavy atom. The topological polar surface area (TPSA) is 15.3 Å². The van der Waals surface area contributed by atoms with E-state index in [0.717, 1.165) is 18.4 Å². The van der Waals surface area contributed by atoms with E-state index in [2.05, 4.69) is 17.1 Å². The van der Waals surface area contributed by atoms with Crippen LogP contribution in [0, 0.1) is 11.8 Å². The number of halogens is 1. The number of nitrogens with one attached hydrogen (secondary N) is 1. The molecule has 0 aromatic carbocycles. The zero-order valence-electron chi connectivity index (χ0n) is 10.6. The third-order valence-corrected chi connectivity index (χ3v) is 4.13. The maximum Gasteiger partial charge on any atom is 0.000966 e. The lowest BCUT2D eigenvalue weighted by atomic mass is 9.84. The Bertz CT molecular complexity index is 175. The second-order valence-electron chi connectivity index (χ2n) is 5.35. The van der Waals surface area contributed by atoms with Gasteiger partial charge in [-0.25, -0.2) is 0 Å². The summed E-state index contributed by atoms with van der Waals surface area (Å²) >= 11 is 0. The average molecular weight is 247 g/mol. The molecule has 0 unspecified atom stereocenters. The molecule has 16 heavy (non-hydrogen) atoms. The Morgan fingerprint density at radius 2 is 1.75 bits per heavy atom. The lowest BCUT2D eigenvalue weighted by molar-refractivity contribution is 0.131. The van der Waals surface area contributed by atoms with E-state index in [4.69, 9.17) is 0 Å². The molecule has 0 atom stereocenters. The average Bonchev–Trinajstić information content (AvgIpc) is 2.22. The van der Waals surface area contributed by atoms with Gasteiger partial charge >= 0.3 is 0 Å². The summed E-state index contributed by atoms with van der Waals surface area (Å²) in [5.74, 6) is 2.00. The molecule has 2 nitrogen and oxygen atoms in total. The molecule has 0 aromatic heterocycles. The largest absolute Gasteiger partial charge is 0.317 e. The van der Waals surface area contributed by atoms with Crippen molar-refractivity contribution in [1.82, 2.24) is 10.2 Å². The summed E-state index contributed by atoms with van der Waals surface area (Å²) in [5, 5.41) is 3.48. The molecule has 96 valence electrons. The highest BCUT2D eigenvalue weighted by molar-refractivity contribution is 5.85. The fourth-order valence-corrected chi connectivity index (χ4v) is 2.76. The van der Waals surface area contributed by atoms with Crippen LogP contribution in [0.4, 0.5) is 0 Å². The summed E-state index contributed by atoms with van der Waals surface area (Å²) in [6.07, 6.45) is 7.32. The van der Waals surface area contributed by atoms with Gasteiger partial charge in [0, 0.05) is 6.54 Å². The van der Waals surface area contributed by atoms with Crippen LogP contribution in [0.1, 0.15) is 39.0 Å². The zero-order valence-corrected chi connectivity index (χ0v) is 11.4. The quantitative estimate of drug-likeness (QED) is 0.802. The van der Waals surface area contributed by atoms with Crippen LogP contribution in [0.15, 0.2) is 0 Å². The number of piperidine rings is 1. The SMILES string of the molecule is CCNCC1CCN(CC2CCC2)CC1.Cl. The van der Waals surface area contributed by atoms with Gasteiger partial charge in [-0.05, 0) is 63.7 Å². The smallest absolute Gasteiger partial charge is 0.000966 e. The highest BCUT2D eigenvalue weighted by Gasteiger charge is 2.24. The van der Waals surface area contributed by atoms with E-state index in [1.54, 1.807) is 0 Å². The first-order chi connectivity index (χ1) is 7.38. The van der Waals surface area contributed by atoms with Gasteiger partial charge in [-0.1, -0.05) is 13.3 Å². The predicted octanol–water partition coefficient (Wildman–Crippen LogP) is 2.53. The van der Waals surface area contributed by atoms with E-state index in [-0.39, 0.29) is 12.4 Å². The molecule has 0 radical (unpaired) electrons. The van der Waals surface area contributed by atoms with Crippen molar-refractivity contribution in [3.63, 3.8) is 0 Å². The Labute approximate surface area is 107 Å². The van der Waals surface area contributed by atoms with Gasteiger partial charge in [0.25, 0.3) is 0 Å². The molecular formula is C13H27ClN2. The van der Waals surface area contributed by atoms with Gasteiger partial charge in [0.2, 0.25) is 0 Å². The van der Waals surface area contributed by atoms with Crippen molar-refractivity contribution in [1.29, 1.82) is 0 Å². The van der Waals surface area contributed by atoms with E-state index >= 15 is 0 Å². The molecule has 0 aromatic rings. The van der Waals surface area contributed by atoms with E-state index in [1.165, 1.54) is 58.3 Å². The van der Waals surface area contributed by atoms with Crippen molar-refractivity contribution in [2.45, 2.75) is 39.0 Å².